The molecule has 1 heterocycles. The quantitative estimate of drug-likeness (QED) is 0.861. The molecular weight excluding hydrogens is 344 g/mol. The summed E-state index contributed by atoms with van der Waals surface area (Å²) in [4.78, 5) is 27.9. The van der Waals surface area contributed by atoms with Crippen molar-refractivity contribution in [3.8, 4) is 11.5 Å². The van der Waals surface area contributed by atoms with Gasteiger partial charge in [-0.05, 0) is 38.8 Å². The Labute approximate surface area is 161 Å². The van der Waals surface area contributed by atoms with E-state index in [0.717, 1.165) is 25.7 Å². The number of methoxy groups -OCH3 is 2. The number of hydrogen-bond donors (Lipinski definition) is 1. The second kappa shape index (κ2) is 7.79. The normalized spacial score (nSPS) is 20.9. The number of nitrogens with zero attached hydrogens (tertiary/aromatic N) is 1. The fourth-order valence-corrected chi connectivity index (χ4v) is 4.57. The molecule has 1 saturated heterocycles. The van der Waals surface area contributed by atoms with Crippen molar-refractivity contribution < 1.29 is 19.1 Å². The number of amides is 2. The summed E-state index contributed by atoms with van der Waals surface area (Å²) in [5.74, 6) is 1.03. The van der Waals surface area contributed by atoms with Gasteiger partial charge in [-0.25, -0.2) is 0 Å². The number of ether oxygens (including phenoxy) is 2. The Bertz CT molecular complexity index is 688. The molecule has 1 aliphatic heterocycles. The summed E-state index contributed by atoms with van der Waals surface area (Å²) >= 11 is 0. The average Bonchev–Trinajstić information content (AvgIpc) is 3.27. The van der Waals surface area contributed by atoms with Crippen LogP contribution in [0.3, 0.4) is 0 Å². The Morgan fingerprint density at radius 3 is 2.22 bits per heavy atom. The molecule has 6 heteroatoms. The Hall–Kier alpha value is -2.24. The average molecular weight is 374 g/mol. The lowest BCUT2D eigenvalue weighted by atomic mass is 9.76. The minimum atomic E-state index is -0.140. The molecule has 1 spiro atoms. The fourth-order valence-electron chi connectivity index (χ4n) is 4.57. The van der Waals surface area contributed by atoms with Crippen molar-refractivity contribution >= 4 is 11.8 Å². The zero-order chi connectivity index (χ0) is 19.6. The summed E-state index contributed by atoms with van der Waals surface area (Å²) in [5.41, 5.74) is 0.446. The van der Waals surface area contributed by atoms with Crippen LogP contribution in [-0.4, -0.2) is 50.1 Å². The van der Waals surface area contributed by atoms with E-state index >= 15 is 0 Å². The lowest BCUT2D eigenvalue weighted by molar-refractivity contribution is -0.128. The molecule has 2 fully saturated rings. The molecule has 0 aromatic heterocycles. The lowest BCUT2D eigenvalue weighted by Gasteiger charge is -2.29. The van der Waals surface area contributed by atoms with E-state index in [2.05, 4.69) is 5.32 Å². The van der Waals surface area contributed by atoms with Crippen LogP contribution < -0.4 is 14.8 Å². The van der Waals surface area contributed by atoms with E-state index in [0.29, 0.717) is 30.2 Å². The number of benzene rings is 1. The highest BCUT2D eigenvalue weighted by Gasteiger charge is 2.52. The molecule has 0 bridgehead atoms. The first-order valence-corrected chi connectivity index (χ1v) is 9.71. The first-order chi connectivity index (χ1) is 12.9. The molecule has 1 aliphatic carbocycles. The number of hydrogen-bond acceptors (Lipinski definition) is 4. The van der Waals surface area contributed by atoms with Gasteiger partial charge >= 0.3 is 0 Å². The van der Waals surface area contributed by atoms with E-state index in [4.69, 9.17) is 9.47 Å². The number of nitrogens with one attached hydrogen (secondary N) is 1. The molecule has 1 N–H and O–H groups in total. The van der Waals surface area contributed by atoms with Crippen LogP contribution in [0.15, 0.2) is 18.2 Å². The molecule has 3 rings (SSSR count). The van der Waals surface area contributed by atoms with Gasteiger partial charge in [-0.2, -0.15) is 0 Å². The Balaban J connectivity index is 1.85. The third kappa shape index (κ3) is 3.89. The van der Waals surface area contributed by atoms with Crippen LogP contribution in [0.25, 0.3) is 0 Å². The van der Waals surface area contributed by atoms with Crippen molar-refractivity contribution in [2.24, 2.45) is 11.3 Å². The van der Waals surface area contributed by atoms with Crippen molar-refractivity contribution in [3.05, 3.63) is 23.8 Å². The molecule has 1 unspecified atom stereocenters. The van der Waals surface area contributed by atoms with Gasteiger partial charge in [0, 0.05) is 36.2 Å². The summed E-state index contributed by atoms with van der Waals surface area (Å²) in [5, 5.41) is 3.05. The molecule has 1 saturated carbocycles. The maximum absolute atomic E-state index is 13.2. The molecule has 6 nitrogen and oxygen atoms in total. The second-order valence-electron chi connectivity index (χ2n) is 8.07. The van der Waals surface area contributed by atoms with E-state index in [1.807, 2.05) is 18.7 Å². The highest BCUT2D eigenvalue weighted by atomic mass is 16.5. The van der Waals surface area contributed by atoms with E-state index in [1.54, 1.807) is 32.4 Å². The van der Waals surface area contributed by atoms with Crippen LogP contribution in [0.1, 0.15) is 49.9 Å². The van der Waals surface area contributed by atoms with Gasteiger partial charge in [0.1, 0.15) is 11.5 Å². The van der Waals surface area contributed by atoms with Gasteiger partial charge in [0.15, 0.2) is 0 Å². The van der Waals surface area contributed by atoms with Crippen molar-refractivity contribution in [2.45, 2.75) is 45.6 Å². The van der Waals surface area contributed by atoms with Crippen molar-refractivity contribution in [1.82, 2.24) is 10.2 Å². The SMILES string of the molecule is COc1cc(OC)cc(C(=O)N2CC(C(=O)NC(C)C)C3(CCCC3)C2)c1. The monoisotopic (exact) mass is 374 g/mol. The van der Waals surface area contributed by atoms with Crippen LogP contribution in [0.5, 0.6) is 11.5 Å². The van der Waals surface area contributed by atoms with Gasteiger partial charge in [-0.3, -0.25) is 9.59 Å². The highest BCUT2D eigenvalue weighted by Crippen LogP contribution is 2.49. The molecule has 1 aromatic carbocycles. The van der Waals surface area contributed by atoms with Gasteiger partial charge in [0.25, 0.3) is 5.91 Å². The van der Waals surface area contributed by atoms with Gasteiger partial charge in [0.2, 0.25) is 5.91 Å². The summed E-state index contributed by atoms with van der Waals surface area (Å²) < 4.78 is 10.6. The summed E-state index contributed by atoms with van der Waals surface area (Å²) in [7, 11) is 3.14. The van der Waals surface area contributed by atoms with E-state index < -0.39 is 0 Å². The van der Waals surface area contributed by atoms with Crippen LogP contribution in [-0.2, 0) is 4.79 Å². The maximum Gasteiger partial charge on any atom is 0.254 e. The topological polar surface area (TPSA) is 67.9 Å². The first-order valence-electron chi connectivity index (χ1n) is 9.71. The molecular formula is C21H30N2O4. The molecule has 148 valence electrons. The first kappa shape index (κ1) is 19.5. The van der Waals surface area contributed by atoms with E-state index in [9.17, 15) is 9.59 Å². The highest BCUT2D eigenvalue weighted by molar-refractivity contribution is 5.96. The minimum Gasteiger partial charge on any atom is -0.497 e. The lowest BCUT2D eigenvalue weighted by Crippen LogP contribution is -2.42. The minimum absolute atomic E-state index is 0.0710. The van der Waals surface area contributed by atoms with Crippen molar-refractivity contribution in [2.75, 3.05) is 27.3 Å². The third-order valence-electron chi connectivity index (χ3n) is 5.88. The standard InChI is InChI=1S/C21H30N2O4/c1-14(2)22-19(24)18-12-23(13-21(18)7-5-6-8-21)20(25)15-9-16(26-3)11-17(10-15)27-4/h9-11,14,18H,5-8,12-13H2,1-4H3,(H,22,24). The summed E-state index contributed by atoms with van der Waals surface area (Å²) in [6.07, 6.45) is 4.27. The number of carbonyl (C=O) groups is 2. The summed E-state index contributed by atoms with van der Waals surface area (Å²) in [6, 6.07) is 5.31. The van der Waals surface area contributed by atoms with Gasteiger partial charge in [0.05, 0.1) is 20.1 Å². The van der Waals surface area contributed by atoms with E-state index in [1.165, 1.54) is 0 Å². The Morgan fingerprint density at radius 2 is 1.70 bits per heavy atom. The predicted molar refractivity (Wildman–Crippen MR) is 103 cm³/mol. The summed E-state index contributed by atoms with van der Waals surface area (Å²) in [6.45, 7) is 5.05. The second-order valence-corrected chi connectivity index (χ2v) is 8.07. The van der Waals surface area contributed by atoms with Crippen LogP contribution in [0.2, 0.25) is 0 Å². The maximum atomic E-state index is 13.2. The largest absolute Gasteiger partial charge is 0.497 e. The molecule has 27 heavy (non-hydrogen) atoms. The zero-order valence-corrected chi connectivity index (χ0v) is 16.7. The van der Waals surface area contributed by atoms with Crippen LogP contribution >= 0.6 is 0 Å². The fraction of sp³-hybridized carbons (Fsp3) is 0.619. The molecule has 1 atom stereocenters. The Morgan fingerprint density at radius 1 is 1.11 bits per heavy atom. The smallest absolute Gasteiger partial charge is 0.254 e. The van der Waals surface area contributed by atoms with E-state index in [-0.39, 0.29) is 29.2 Å². The number of likely N-dealkylation sites (tertiary alicyclic amines) is 1. The third-order valence-corrected chi connectivity index (χ3v) is 5.88. The van der Waals surface area contributed by atoms with Gasteiger partial charge in [-0.1, -0.05) is 12.8 Å². The van der Waals surface area contributed by atoms with Crippen molar-refractivity contribution in [3.63, 3.8) is 0 Å². The van der Waals surface area contributed by atoms with Crippen molar-refractivity contribution in [1.29, 1.82) is 0 Å². The van der Waals surface area contributed by atoms with Crippen LogP contribution in [0, 0.1) is 11.3 Å². The zero-order valence-electron chi connectivity index (χ0n) is 16.7. The molecule has 0 radical (unpaired) electrons. The number of rotatable bonds is 5. The van der Waals surface area contributed by atoms with Gasteiger partial charge in [-0.15, -0.1) is 0 Å². The van der Waals surface area contributed by atoms with Crippen LogP contribution in [0.4, 0.5) is 0 Å². The van der Waals surface area contributed by atoms with Gasteiger partial charge < -0.3 is 19.7 Å². The molecule has 1 aromatic rings. The Kier molecular flexibility index (Phi) is 5.63. The predicted octanol–water partition coefficient (Wildman–Crippen LogP) is 2.86. The molecule has 2 amide bonds. The molecule has 2 aliphatic rings. The number of carbonyl (C=O) groups excluding carboxylic acids is 2.